The van der Waals surface area contributed by atoms with Crippen molar-refractivity contribution in [2.75, 3.05) is 26.2 Å². The first-order chi connectivity index (χ1) is 8.66. The summed E-state index contributed by atoms with van der Waals surface area (Å²) in [6.07, 6.45) is 0. The van der Waals surface area contributed by atoms with Gasteiger partial charge in [-0.3, -0.25) is 9.69 Å². The van der Waals surface area contributed by atoms with Gasteiger partial charge in [0.05, 0.1) is 0 Å². The molecule has 1 aliphatic heterocycles. The van der Waals surface area contributed by atoms with Crippen LogP contribution in [0.4, 0.5) is 0 Å². The Labute approximate surface area is 112 Å². The van der Waals surface area contributed by atoms with Crippen LogP contribution in [0.25, 0.3) is 0 Å². The summed E-state index contributed by atoms with van der Waals surface area (Å²) in [6, 6.07) is 10.4. The van der Waals surface area contributed by atoms with Gasteiger partial charge in [-0.25, -0.2) is 0 Å². The highest BCUT2D eigenvalue weighted by atomic mass is 32.1. The van der Waals surface area contributed by atoms with Crippen LogP contribution in [0.15, 0.2) is 30.3 Å². The Balaban J connectivity index is 1.84. The van der Waals surface area contributed by atoms with E-state index in [-0.39, 0.29) is 4.99 Å². The molecular formula is C13H17N3OS. The highest BCUT2D eigenvalue weighted by molar-refractivity contribution is 7.81. The van der Waals surface area contributed by atoms with Crippen molar-refractivity contribution in [2.24, 2.45) is 5.73 Å². The average molecular weight is 263 g/mol. The van der Waals surface area contributed by atoms with E-state index in [1.807, 2.05) is 23.1 Å². The first-order valence-electron chi connectivity index (χ1n) is 6.02. The van der Waals surface area contributed by atoms with E-state index in [0.717, 1.165) is 32.7 Å². The van der Waals surface area contributed by atoms with Gasteiger partial charge in [0.1, 0.15) is 0 Å². The Morgan fingerprint density at radius 3 is 2.33 bits per heavy atom. The molecule has 2 rings (SSSR count). The first-order valence-corrected chi connectivity index (χ1v) is 6.42. The summed E-state index contributed by atoms with van der Waals surface area (Å²) in [4.78, 5) is 15.5. The molecule has 1 amide bonds. The number of nitrogens with two attached hydrogens (primary N) is 1. The Hall–Kier alpha value is -1.46. The minimum Gasteiger partial charge on any atom is -0.364 e. The van der Waals surface area contributed by atoms with Gasteiger partial charge in [-0.15, -0.1) is 0 Å². The second-order valence-electron chi connectivity index (χ2n) is 4.42. The molecule has 1 fully saturated rings. The zero-order chi connectivity index (χ0) is 13.0. The molecule has 0 spiro atoms. The number of rotatable bonds is 2. The van der Waals surface area contributed by atoms with E-state index in [0.29, 0.717) is 0 Å². The normalized spacial score (nSPS) is 16.6. The maximum Gasteiger partial charge on any atom is 0.276 e. The Morgan fingerprint density at radius 2 is 1.78 bits per heavy atom. The topological polar surface area (TPSA) is 49.6 Å². The van der Waals surface area contributed by atoms with Gasteiger partial charge in [0.2, 0.25) is 0 Å². The second-order valence-corrected chi connectivity index (χ2v) is 4.80. The highest BCUT2D eigenvalue weighted by Crippen LogP contribution is 2.08. The van der Waals surface area contributed by atoms with Gasteiger partial charge in [0.15, 0.2) is 4.99 Å². The molecule has 1 saturated heterocycles. The quantitative estimate of drug-likeness (QED) is 0.795. The average Bonchev–Trinajstić information content (AvgIpc) is 2.40. The van der Waals surface area contributed by atoms with Crippen LogP contribution in [0.5, 0.6) is 0 Å². The largest absolute Gasteiger partial charge is 0.364 e. The lowest BCUT2D eigenvalue weighted by molar-refractivity contribution is -0.112. The fourth-order valence-corrected chi connectivity index (χ4v) is 2.29. The predicted molar refractivity (Wildman–Crippen MR) is 75.1 cm³/mol. The summed E-state index contributed by atoms with van der Waals surface area (Å²) in [5, 5.41) is 0. The van der Waals surface area contributed by atoms with Crippen LogP contribution in [-0.4, -0.2) is 46.9 Å². The number of hydrogen-bond donors (Lipinski definition) is 1. The molecule has 1 heterocycles. The number of carbonyl (C=O) groups is 1. The zero-order valence-corrected chi connectivity index (χ0v) is 11.0. The number of thiocarbonyl (C=S) groups is 1. The number of amides is 1. The van der Waals surface area contributed by atoms with Crippen molar-refractivity contribution in [1.82, 2.24) is 9.80 Å². The lowest BCUT2D eigenvalue weighted by Crippen LogP contribution is -2.50. The van der Waals surface area contributed by atoms with Gasteiger partial charge < -0.3 is 10.6 Å². The monoisotopic (exact) mass is 263 g/mol. The Bertz CT molecular complexity index is 427. The Morgan fingerprint density at radius 1 is 1.17 bits per heavy atom. The van der Waals surface area contributed by atoms with Crippen LogP contribution in [0.2, 0.25) is 0 Å². The molecule has 1 aromatic rings. The van der Waals surface area contributed by atoms with Gasteiger partial charge in [-0.1, -0.05) is 42.5 Å². The van der Waals surface area contributed by atoms with E-state index in [1.54, 1.807) is 0 Å². The second kappa shape index (κ2) is 5.93. The lowest BCUT2D eigenvalue weighted by atomic mass is 10.2. The number of carbonyl (C=O) groups excluding carboxylic acids is 1. The summed E-state index contributed by atoms with van der Waals surface area (Å²) in [6.45, 7) is 4.30. The molecule has 0 radical (unpaired) electrons. The fourth-order valence-electron chi connectivity index (χ4n) is 2.11. The fraction of sp³-hybridized carbons (Fsp3) is 0.385. The third kappa shape index (κ3) is 3.27. The molecule has 0 atom stereocenters. The van der Waals surface area contributed by atoms with Crippen LogP contribution in [-0.2, 0) is 11.3 Å². The molecule has 5 heteroatoms. The van der Waals surface area contributed by atoms with Crippen LogP contribution >= 0.6 is 12.2 Å². The third-order valence-corrected chi connectivity index (χ3v) is 3.58. The highest BCUT2D eigenvalue weighted by Gasteiger charge is 2.21. The van der Waals surface area contributed by atoms with Crippen molar-refractivity contribution in [2.45, 2.75) is 6.54 Å². The molecule has 2 N–H and O–H groups in total. The molecule has 4 nitrogen and oxygen atoms in total. The Kier molecular flexibility index (Phi) is 4.28. The number of nitrogens with zero attached hydrogens (tertiary/aromatic N) is 2. The van der Waals surface area contributed by atoms with E-state index in [4.69, 9.17) is 18.0 Å². The van der Waals surface area contributed by atoms with E-state index in [9.17, 15) is 4.79 Å². The summed E-state index contributed by atoms with van der Waals surface area (Å²) in [5.41, 5.74) is 6.50. The zero-order valence-electron chi connectivity index (χ0n) is 10.2. The van der Waals surface area contributed by atoms with Crippen LogP contribution in [0, 0.1) is 0 Å². The molecule has 0 bridgehead atoms. The van der Waals surface area contributed by atoms with E-state index >= 15 is 0 Å². The van der Waals surface area contributed by atoms with Crippen molar-refractivity contribution < 1.29 is 4.79 Å². The van der Waals surface area contributed by atoms with E-state index < -0.39 is 5.91 Å². The van der Waals surface area contributed by atoms with Gasteiger partial charge in [-0.05, 0) is 5.56 Å². The van der Waals surface area contributed by atoms with Gasteiger partial charge >= 0.3 is 0 Å². The SMILES string of the molecule is NC(=O)C(=S)N1CCN(Cc2ccccc2)CC1. The number of piperazine rings is 1. The summed E-state index contributed by atoms with van der Waals surface area (Å²) < 4.78 is 0. The van der Waals surface area contributed by atoms with Gasteiger partial charge in [-0.2, -0.15) is 0 Å². The summed E-state index contributed by atoms with van der Waals surface area (Å²) in [5.74, 6) is -0.499. The van der Waals surface area contributed by atoms with Crippen molar-refractivity contribution in [3.8, 4) is 0 Å². The van der Waals surface area contributed by atoms with Crippen molar-refractivity contribution in [1.29, 1.82) is 0 Å². The molecule has 1 aromatic carbocycles. The summed E-state index contributed by atoms with van der Waals surface area (Å²) in [7, 11) is 0. The van der Waals surface area contributed by atoms with Crippen molar-refractivity contribution in [3.05, 3.63) is 35.9 Å². The van der Waals surface area contributed by atoms with Crippen molar-refractivity contribution in [3.63, 3.8) is 0 Å². The maximum atomic E-state index is 11.0. The number of benzene rings is 1. The van der Waals surface area contributed by atoms with E-state index in [1.165, 1.54) is 5.56 Å². The molecule has 18 heavy (non-hydrogen) atoms. The molecule has 0 aromatic heterocycles. The number of primary amides is 1. The maximum absolute atomic E-state index is 11.0. The molecular weight excluding hydrogens is 246 g/mol. The van der Waals surface area contributed by atoms with Crippen LogP contribution in [0.3, 0.4) is 0 Å². The van der Waals surface area contributed by atoms with Crippen LogP contribution < -0.4 is 5.73 Å². The summed E-state index contributed by atoms with van der Waals surface area (Å²) >= 11 is 5.00. The third-order valence-electron chi connectivity index (χ3n) is 3.12. The van der Waals surface area contributed by atoms with Gasteiger partial charge in [0, 0.05) is 32.7 Å². The molecule has 0 saturated carbocycles. The van der Waals surface area contributed by atoms with Crippen LogP contribution in [0.1, 0.15) is 5.56 Å². The minimum absolute atomic E-state index is 0.259. The first kappa shape index (κ1) is 13.0. The number of hydrogen-bond acceptors (Lipinski definition) is 3. The van der Waals surface area contributed by atoms with Crippen molar-refractivity contribution >= 4 is 23.1 Å². The predicted octanol–water partition coefficient (Wildman–Crippen LogP) is 0.617. The lowest BCUT2D eigenvalue weighted by Gasteiger charge is -2.35. The molecule has 0 unspecified atom stereocenters. The minimum atomic E-state index is -0.499. The van der Waals surface area contributed by atoms with Gasteiger partial charge in [0.25, 0.3) is 5.91 Å². The molecule has 1 aliphatic rings. The smallest absolute Gasteiger partial charge is 0.276 e. The van der Waals surface area contributed by atoms with E-state index in [2.05, 4.69) is 17.0 Å². The standard InChI is InChI=1S/C13H17N3OS/c14-12(17)13(18)16-8-6-15(7-9-16)10-11-4-2-1-3-5-11/h1-5H,6-10H2,(H2,14,17). The molecule has 96 valence electrons. The molecule has 0 aliphatic carbocycles.